The number of piperidine rings is 1. The molecule has 0 amide bonds. The van der Waals surface area contributed by atoms with Gasteiger partial charge in [-0.15, -0.1) is 0 Å². The number of halogens is 1. The van der Waals surface area contributed by atoms with Crippen LogP contribution in [0.2, 0.25) is 5.15 Å². The molecule has 3 heterocycles. The van der Waals surface area contributed by atoms with Crippen LogP contribution in [0, 0.1) is 10.1 Å². The fraction of sp³-hybridized carbons (Fsp3) is 0.438. The molecule has 0 atom stereocenters. The maximum atomic E-state index is 11.6. The van der Waals surface area contributed by atoms with Gasteiger partial charge in [0.25, 0.3) is 0 Å². The van der Waals surface area contributed by atoms with Crippen LogP contribution in [0.1, 0.15) is 19.3 Å². The number of hydrogen-bond donors (Lipinski definition) is 2. The van der Waals surface area contributed by atoms with Crippen molar-refractivity contribution in [1.82, 2.24) is 19.9 Å². The fourth-order valence-corrected chi connectivity index (χ4v) is 3.06. The van der Waals surface area contributed by atoms with Crippen molar-refractivity contribution in [2.24, 2.45) is 0 Å². The van der Waals surface area contributed by atoms with Crippen molar-refractivity contribution in [2.45, 2.75) is 19.3 Å². The molecule has 0 unspecified atom stereocenters. The molecule has 2 N–H and O–H groups in total. The first-order valence-electron chi connectivity index (χ1n) is 8.48. The molecule has 0 aromatic carbocycles. The van der Waals surface area contributed by atoms with Crippen molar-refractivity contribution in [1.29, 1.82) is 0 Å². The summed E-state index contributed by atoms with van der Waals surface area (Å²) in [6.07, 6.45) is 6.49. The summed E-state index contributed by atoms with van der Waals surface area (Å²) in [5, 5.41) is 17.7. The molecule has 1 fully saturated rings. The summed E-state index contributed by atoms with van der Waals surface area (Å²) >= 11 is 6.01. The molecule has 1 aliphatic rings. The monoisotopic (exact) mass is 377 g/mol. The molecule has 1 aliphatic heterocycles. The van der Waals surface area contributed by atoms with Crippen LogP contribution >= 0.6 is 11.6 Å². The molecule has 2 aromatic heterocycles. The summed E-state index contributed by atoms with van der Waals surface area (Å²) in [5.74, 6) is 0.255. The number of nitro groups is 1. The van der Waals surface area contributed by atoms with Gasteiger partial charge in [0.1, 0.15) is 6.33 Å². The van der Waals surface area contributed by atoms with Crippen LogP contribution in [0.3, 0.4) is 0 Å². The number of anilines is 3. The normalized spacial score (nSPS) is 14.8. The molecular weight excluding hydrogens is 358 g/mol. The smallest absolute Gasteiger partial charge is 0.353 e. The second-order valence-electron chi connectivity index (χ2n) is 5.97. The van der Waals surface area contributed by atoms with Gasteiger partial charge in [-0.05, 0) is 38.1 Å². The molecule has 2 aromatic rings. The molecule has 0 aliphatic carbocycles. The predicted molar refractivity (Wildman–Crippen MR) is 100.0 cm³/mol. The van der Waals surface area contributed by atoms with Crippen LogP contribution in [0.15, 0.2) is 24.7 Å². The van der Waals surface area contributed by atoms with Gasteiger partial charge in [0, 0.05) is 19.3 Å². The molecule has 0 saturated carbocycles. The molecule has 0 spiro atoms. The van der Waals surface area contributed by atoms with E-state index in [4.69, 9.17) is 11.6 Å². The van der Waals surface area contributed by atoms with Crippen LogP contribution in [0.5, 0.6) is 0 Å². The molecule has 138 valence electrons. The van der Waals surface area contributed by atoms with Gasteiger partial charge in [-0.1, -0.05) is 18.0 Å². The Balaban J connectivity index is 1.73. The van der Waals surface area contributed by atoms with Crippen LogP contribution < -0.4 is 10.6 Å². The molecule has 10 heteroatoms. The number of rotatable bonds is 7. The molecule has 26 heavy (non-hydrogen) atoms. The van der Waals surface area contributed by atoms with Crippen molar-refractivity contribution in [3.05, 3.63) is 39.9 Å². The summed E-state index contributed by atoms with van der Waals surface area (Å²) in [7, 11) is 0. The topological polar surface area (TPSA) is 109 Å². The Hall–Kier alpha value is -2.52. The molecule has 9 nitrogen and oxygen atoms in total. The Bertz CT molecular complexity index is 768. The SMILES string of the molecule is O=[N+]([O-])c1c(NCCN2CCCCC2)ncnc1Nc1cccnc1Cl. The van der Waals surface area contributed by atoms with E-state index in [1.54, 1.807) is 12.1 Å². The second kappa shape index (κ2) is 8.72. The average Bonchev–Trinajstić information content (AvgIpc) is 2.64. The Kier molecular flexibility index (Phi) is 6.13. The predicted octanol–water partition coefficient (Wildman–Crippen LogP) is 3.07. The van der Waals surface area contributed by atoms with E-state index < -0.39 is 4.92 Å². The molecular formula is C16H20ClN7O2. The van der Waals surface area contributed by atoms with E-state index in [2.05, 4.69) is 30.5 Å². The zero-order chi connectivity index (χ0) is 18.4. The maximum absolute atomic E-state index is 11.6. The van der Waals surface area contributed by atoms with Crippen molar-refractivity contribution >= 4 is 34.6 Å². The third kappa shape index (κ3) is 4.55. The number of pyridine rings is 1. The highest BCUT2D eigenvalue weighted by Crippen LogP contribution is 2.32. The lowest BCUT2D eigenvalue weighted by molar-refractivity contribution is -0.383. The third-order valence-electron chi connectivity index (χ3n) is 4.19. The van der Waals surface area contributed by atoms with Gasteiger partial charge in [-0.2, -0.15) is 0 Å². The maximum Gasteiger partial charge on any atom is 0.353 e. The summed E-state index contributed by atoms with van der Waals surface area (Å²) in [6, 6.07) is 3.35. The Labute approximate surface area is 156 Å². The van der Waals surface area contributed by atoms with Crippen LogP contribution in [0.25, 0.3) is 0 Å². The molecule has 0 radical (unpaired) electrons. The zero-order valence-corrected chi connectivity index (χ0v) is 14.9. The summed E-state index contributed by atoms with van der Waals surface area (Å²) < 4.78 is 0. The highest BCUT2D eigenvalue weighted by atomic mass is 35.5. The van der Waals surface area contributed by atoms with Gasteiger partial charge in [-0.3, -0.25) is 10.1 Å². The van der Waals surface area contributed by atoms with E-state index in [1.807, 2.05) is 0 Å². The van der Waals surface area contributed by atoms with E-state index in [1.165, 1.54) is 31.8 Å². The Morgan fingerprint density at radius 1 is 1.19 bits per heavy atom. The fourth-order valence-electron chi connectivity index (χ4n) is 2.89. The van der Waals surface area contributed by atoms with Gasteiger partial charge in [-0.25, -0.2) is 15.0 Å². The van der Waals surface area contributed by atoms with Gasteiger partial charge >= 0.3 is 5.69 Å². The molecule has 0 bridgehead atoms. The minimum atomic E-state index is -0.504. The van der Waals surface area contributed by atoms with Gasteiger partial charge in [0.05, 0.1) is 10.6 Å². The van der Waals surface area contributed by atoms with Crippen molar-refractivity contribution in [2.75, 3.05) is 36.8 Å². The highest BCUT2D eigenvalue weighted by molar-refractivity contribution is 6.32. The lowest BCUT2D eigenvalue weighted by Crippen LogP contribution is -2.33. The van der Waals surface area contributed by atoms with Gasteiger partial charge in [0.15, 0.2) is 5.15 Å². The van der Waals surface area contributed by atoms with Crippen LogP contribution in [-0.2, 0) is 0 Å². The minimum Gasteiger partial charge on any atom is -0.363 e. The van der Waals surface area contributed by atoms with Crippen LogP contribution in [0.4, 0.5) is 23.0 Å². The summed E-state index contributed by atoms with van der Waals surface area (Å²) in [4.78, 5) is 25.4. The van der Waals surface area contributed by atoms with E-state index in [-0.39, 0.29) is 22.5 Å². The van der Waals surface area contributed by atoms with E-state index in [9.17, 15) is 10.1 Å². The standard InChI is InChI=1S/C16H20ClN7O2/c17-14-12(5-4-6-18-14)22-16-13(24(25)26)15(20-11-21-16)19-7-10-23-8-2-1-3-9-23/h4-6,11H,1-3,7-10H2,(H2,19,20,21,22). The number of nitrogens with one attached hydrogen (secondary N) is 2. The lowest BCUT2D eigenvalue weighted by atomic mass is 10.1. The van der Waals surface area contributed by atoms with Gasteiger partial charge in [0.2, 0.25) is 11.6 Å². The lowest BCUT2D eigenvalue weighted by Gasteiger charge is -2.26. The summed E-state index contributed by atoms with van der Waals surface area (Å²) in [6.45, 7) is 3.53. The summed E-state index contributed by atoms with van der Waals surface area (Å²) in [5.41, 5.74) is 0.223. The number of nitrogens with zero attached hydrogens (tertiary/aromatic N) is 5. The number of likely N-dealkylation sites (tertiary alicyclic amines) is 1. The largest absolute Gasteiger partial charge is 0.363 e. The quantitative estimate of drug-likeness (QED) is 0.430. The van der Waals surface area contributed by atoms with E-state index in [0.29, 0.717) is 12.2 Å². The van der Waals surface area contributed by atoms with Crippen LogP contribution in [-0.4, -0.2) is 51.0 Å². The van der Waals surface area contributed by atoms with Crippen molar-refractivity contribution < 1.29 is 4.92 Å². The first kappa shape index (κ1) is 18.3. The number of aromatic nitrogens is 3. The molecule has 3 rings (SSSR count). The Morgan fingerprint density at radius 2 is 1.96 bits per heavy atom. The van der Waals surface area contributed by atoms with E-state index >= 15 is 0 Å². The van der Waals surface area contributed by atoms with E-state index in [0.717, 1.165) is 19.6 Å². The first-order valence-corrected chi connectivity index (χ1v) is 8.86. The Morgan fingerprint density at radius 3 is 2.69 bits per heavy atom. The number of hydrogen-bond acceptors (Lipinski definition) is 8. The van der Waals surface area contributed by atoms with Gasteiger partial charge < -0.3 is 15.5 Å². The van der Waals surface area contributed by atoms with Crippen molar-refractivity contribution in [3.8, 4) is 0 Å². The second-order valence-corrected chi connectivity index (χ2v) is 6.33. The van der Waals surface area contributed by atoms with Crippen molar-refractivity contribution in [3.63, 3.8) is 0 Å². The highest BCUT2D eigenvalue weighted by Gasteiger charge is 2.23. The molecule has 1 saturated heterocycles. The zero-order valence-electron chi connectivity index (χ0n) is 14.2. The minimum absolute atomic E-state index is 0.0698. The average molecular weight is 378 g/mol. The first-order chi connectivity index (χ1) is 12.6. The third-order valence-corrected chi connectivity index (χ3v) is 4.49.